The fourth-order valence-electron chi connectivity index (χ4n) is 3.47. The minimum atomic E-state index is 0.663. The zero-order valence-electron chi connectivity index (χ0n) is 9.13. The highest BCUT2D eigenvalue weighted by molar-refractivity contribution is 7.99. The normalized spacial score (nSPS) is 28.1. The van der Waals surface area contributed by atoms with Gasteiger partial charge >= 0.3 is 0 Å². The molecule has 82 valence electrons. The largest absolute Gasteiger partial charge is 0.330 e. The molecule has 2 aliphatic rings. The summed E-state index contributed by atoms with van der Waals surface area (Å²) >= 11 is 2.14. The van der Waals surface area contributed by atoms with Gasteiger partial charge in [0.05, 0.1) is 0 Å². The van der Waals surface area contributed by atoms with Crippen molar-refractivity contribution in [2.75, 3.05) is 18.1 Å². The van der Waals surface area contributed by atoms with Crippen molar-refractivity contribution in [2.45, 2.75) is 44.9 Å². The SMILES string of the molecule is NCCC1(C2CCCC2)CCSCC1. The van der Waals surface area contributed by atoms with E-state index in [1.165, 1.54) is 56.5 Å². The van der Waals surface area contributed by atoms with Crippen LogP contribution in [0.3, 0.4) is 0 Å². The molecule has 2 fully saturated rings. The molecule has 0 unspecified atom stereocenters. The molecular formula is C12H23NS. The maximum atomic E-state index is 5.81. The van der Waals surface area contributed by atoms with Crippen molar-refractivity contribution in [2.24, 2.45) is 17.1 Å². The fraction of sp³-hybridized carbons (Fsp3) is 1.00. The van der Waals surface area contributed by atoms with Crippen LogP contribution in [0.25, 0.3) is 0 Å². The third-order valence-electron chi connectivity index (χ3n) is 4.35. The van der Waals surface area contributed by atoms with Crippen molar-refractivity contribution in [1.82, 2.24) is 0 Å². The first-order valence-electron chi connectivity index (χ1n) is 6.15. The predicted octanol–water partition coefficient (Wildman–Crippen LogP) is 3.04. The molecule has 2 N–H and O–H groups in total. The summed E-state index contributed by atoms with van der Waals surface area (Å²) in [5.41, 5.74) is 6.47. The molecule has 2 rings (SSSR count). The van der Waals surface area contributed by atoms with E-state index in [2.05, 4.69) is 11.8 Å². The van der Waals surface area contributed by atoms with E-state index in [0.717, 1.165) is 12.5 Å². The lowest BCUT2D eigenvalue weighted by atomic mass is 9.68. The van der Waals surface area contributed by atoms with Gasteiger partial charge in [0.1, 0.15) is 0 Å². The van der Waals surface area contributed by atoms with Gasteiger partial charge in [-0.05, 0) is 61.5 Å². The molecule has 1 aliphatic carbocycles. The van der Waals surface area contributed by atoms with E-state index in [-0.39, 0.29) is 0 Å². The van der Waals surface area contributed by atoms with E-state index in [4.69, 9.17) is 5.73 Å². The Balaban J connectivity index is 2.02. The molecule has 0 spiro atoms. The summed E-state index contributed by atoms with van der Waals surface area (Å²) in [7, 11) is 0. The van der Waals surface area contributed by atoms with Crippen LogP contribution < -0.4 is 5.73 Å². The second kappa shape index (κ2) is 4.89. The summed E-state index contributed by atoms with van der Waals surface area (Å²) in [5, 5.41) is 0. The maximum Gasteiger partial charge on any atom is -0.00621 e. The molecule has 14 heavy (non-hydrogen) atoms. The molecule has 0 aromatic carbocycles. The van der Waals surface area contributed by atoms with E-state index in [1.807, 2.05) is 0 Å². The Morgan fingerprint density at radius 1 is 1.14 bits per heavy atom. The zero-order valence-corrected chi connectivity index (χ0v) is 9.95. The Morgan fingerprint density at radius 2 is 1.79 bits per heavy atom. The van der Waals surface area contributed by atoms with Crippen molar-refractivity contribution in [3.8, 4) is 0 Å². The molecule has 0 aromatic rings. The predicted molar refractivity (Wildman–Crippen MR) is 64.6 cm³/mol. The summed E-state index contributed by atoms with van der Waals surface area (Å²) in [6.07, 6.45) is 10.1. The summed E-state index contributed by atoms with van der Waals surface area (Å²) in [6.45, 7) is 0.904. The van der Waals surface area contributed by atoms with E-state index < -0.39 is 0 Å². The van der Waals surface area contributed by atoms with Crippen LogP contribution in [0.15, 0.2) is 0 Å². The van der Waals surface area contributed by atoms with Gasteiger partial charge < -0.3 is 5.73 Å². The van der Waals surface area contributed by atoms with Crippen molar-refractivity contribution in [1.29, 1.82) is 0 Å². The van der Waals surface area contributed by atoms with E-state index in [9.17, 15) is 0 Å². The quantitative estimate of drug-likeness (QED) is 0.780. The fourth-order valence-corrected chi connectivity index (χ4v) is 4.77. The molecule has 1 saturated heterocycles. The van der Waals surface area contributed by atoms with E-state index >= 15 is 0 Å². The lowest BCUT2D eigenvalue weighted by molar-refractivity contribution is 0.134. The summed E-state index contributed by atoms with van der Waals surface area (Å²) in [5.74, 6) is 3.79. The van der Waals surface area contributed by atoms with Crippen LogP contribution in [0.5, 0.6) is 0 Å². The van der Waals surface area contributed by atoms with Gasteiger partial charge in [-0.15, -0.1) is 0 Å². The molecular weight excluding hydrogens is 190 g/mol. The van der Waals surface area contributed by atoms with Gasteiger partial charge in [-0.25, -0.2) is 0 Å². The summed E-state index contributed by atoms with van der Waals surface area (Å²) < 4.78 is 0. The Bertz CT molecular complexity index is 164. The van der Waals surface area contributed by atoms with Gasteiger partial charge in [-0.2, -0.15) is 11.8 Å². The van der Waals surface area contributed by atoms with Gasteiger partial charge in [0.15, 0.2) is 0 Å². The lowest BCUT2D eigenvalue weighted by Crippen LogP contribution is -2.35. The molecule has 1 nitrogen and oxygen atoms in total. The van der Waals surface area contributed by atoms with E-state index in [1.54, 1.807) is 0 Å². The molecule has 0 aromatic heterocycles. The zero-order chi connectivity index (χ0) is 9.86. The van der Waals surface area contributed by atoms with Gasteiger partial charge in [-0.3, -0.25) is 0 Å². The third-order valence-corrected chi connectivity index (χ3v) is 5.34. The van der Waals surface area contributed by atoms with Crippen LogP contribution >= 0.6 is 11.8 Å². The van der Waals surface area contributed by atoms with Gasteiger partial charge in [0.25, 0.3) is 0 Å². The Hall–Kier alpha value is 0.310. The molecule has 0 bridgehead atoms. The standard InChI is InChI=1S/C12H23NS/c13-8-5-12(6-9-14-10-7-12)11-3-1-2-4-11/h11H,1-10,13H2. The summed E-state index contributed by atoms with van der Waals surface area (Å²) in [4.78, 5) is 0. The lowest BCUT2D eigenvalue weighted by Gasteiger charge is -2.42. The number of nitrogens with two attached hydrogens (primary N) is 1. The van der Waals surface area contributed by atoms with Gasteiger partial charge in [0.2, 0.25) is 0 Å². The minimum absolute atomic E-state index is 0.663. The average molecular weight is 213 g/mol. The van der Waals surface area contributed by atoms with Crippen LogP contribution in [0.4, 0.5) is 0 Å². The highest BCUT2D eigenvalue weighted by Crippen LogP contribution is 2.50. The molecule has 1 heterocycles. The van der Waals surface area contributed by atoms with Crippen molar-refractivity contribution in [3.05, 3.63) is 0 Å². The topological polar surface area (TPSA) is 26.0 Å². The molecule has 0 amide bonds. The Kier molecular flexibility index (Phi) is 3.78. The smallest absolute Gasteiger partial charge is 0.00621 e. The first kappa shape index (κ1) is 10.8. The third kappa shape index (κ3) is 2.11. The van der Waals surface area contributed by atoms with Crippen molar-refractivity contribution >= 4 is 11.8 Å². The molecule has 0 atom stereocenters. The monoisotopic (exact) mass is 213 g/mol. The molecule has 2 heteroatoms. The highest BCUT2D eigenvalue weighted by Gasteiger charge is 2.40. The first-order valence-corrected chi connectivity index (χ1v) is 7.31. The number of hydrogen-bond donors (Lipinski definition) is 1. The Labute approximate surface area is 92.2 Å². The second-order valence-electron chi connectivity index (χ2n) is 4.99. The minimum Gasteiger partial charge on any atom is -0.330 e. The van der Waals surface area contributed by atoms with Gasteiger partial charge in [-0.1, -0.05) is 12.8 Å². The summed E-state index contributed by atoms with van der Waals surface area (Å²) in [6, 6.07) is 0. The van der Waals surface area contributed by atoms with E-state index in [0.29, 0.717) is 5.41 Å². The van der Waals surface area contributed by atoms with Crippen LogP contribution in [0.1, 0.15) is 44.9 Å². The van der Waals surface area contributed by atoms with Crippen molar-refractivity contribution < 1.29 is 0 Å². The van der Waals surface area contributed by atoms with Crippen molar-refractivity contribution in [3.63, 3.8) is 0 Å². The molecule has 1 aliphatic heterocycles. The maximum absolute atomic E-state index is 5.81. The Morgan fingerprint density at radius 3 is 2.36 bits per heavy atom. The van der Waals surface area contributed by atoms with Crippen LogP contribution in [0.2, 0.25) is 0 Å². The molecule has 0 radical (unpaired) electrons. The number of hydrogen-bond acceptors (Lipinski definition) is 2. The van der Waals surface area contributed by atoms with Crippen LogP contribution in [0, 0.1) is 11.3 Å². The molecule has 1 saturated carbocycles. The average Bonchev–Trinajstić information content (AvgIpc) is 2.73. The van der Waals surface area contributed by atoms with Gasteiger partial charge in [0, 0.05) is 0 Å². The van der Waals surface area contributed by atoms with Crippen LogP contribution in [-0.2, 0) is 0 Å². The highest BCUT2D eigenvalue weighted by atomic mass is 32.2. The second-order valence-corrected chi connectivity index (χ2v) is 6.22. The van der Waals surface area contributed by atoms with Crippen LogP contribution in [-0.4, -0.2) is 18.1 Å². The first-order chi connectivity index (χ1) is 6.87. The number of thioether (sulfide) groups is 1. The number of rotatable bonds is 3.